The topological polar surface area (TPSA) is 29.1 Å². The first-order valence-electron chi connectivity index (χ1n) is 7.99. The summed E-state index contributed by atoms with van der Waals surface area (Å²) in [4.78, 5) is 12.4. The molecule has 0 aromatic heterocycles. The Morgan fingerprint density at radius 2 is 1.55 bits per heavy atom. The Morgan fingerprint density at radius 3 is 2.14 bits per heavy atom. The van der Waals surface area contributed by atoms with Crippen molar-refractivity contribution < 1.29 is 4.79 Å². The summed E-state index contributed by atoms with van der Waals surface area (Å²) in [6.07, 6.45) is 1.06. The van der Waals surface area contributed by atoms with Gasteiger partial charge in [0.25, 0.3) is 0 Å². The van der Waals surface area contributed by atoms with E-state index in [4.69, 9.17) is 0 Å². The van der Waals surface area contributed by atoms with Gasteiger partial charge in [-0.1, -0.05) is 45.9 Å². The van der Waals surface area contributed by atoms with Crippen molar-refractivity contribution in [1.82, 2.24) is 0 Å². The van der Waals surface area contributed by atoms with Gasteiger partial charge in [0.1, 0.15) is 0 Å². The summed E-state index contributed by atoms with van der Waals surface area (Å²) in [5.74, 6) is 0.184. The minimum absolute atomic E-state index is 0.0792. The number of nitrogens with one attached hydrogen (secondary N) is 1. The minimum Gasteiger partial charge on any atom is -0.380 e. The van der Waals surface area contributed by atoms with E-state index in [1.54, 1.807) is 0 Å². The molecular formula is C20H27NO. The molecular weight excluding hydrogens is 270 g/mol. The number of Topliss-reactive ketones (excluding diaryl/α,β-unsaturated/α-hetero) is 1. The van der Waals surface area contributed by atoms with E-state index in [0.29, 0.717) is 0 Å². The Bertz CT molecular complexity index is 692. The average Bonchev–Trinajstić information content (AvgIpc) is 2.44. The number of anilines is 1. The van der Waals surface area contributed by atoms with Crippen molar-refractivity contribution in [3.63, 3.8) is 0 Å². The van der Waals surface area contributed by atoms with Gasteiger partial charge in [-0.3, -0.25) is 4.79 Å². The lowest BCUT2D eigenvalue weighted by molar-refractivity contribution is 0.0858. The second-order valence-electron chi connectivity index (χ2n) is 7.72. The summed E-state index contributed by atoms with van der Waals surface area (Å²) in [7, 11) is 0. The third kappa shape index (κ3) is 3.68. The van der Waals surface area contributed by atoms with Crippen LogP contribution in [0.15, 0.2) is 36.4 Å². The van der Waals surface area contributed by atoms with Crippen molar-refractivity contribution in [1.29, 1.82) is 0 Å². The number of carbonyl (C=O) groups excluding carboxylic acids is 1. The standard InChI is InChI=1S/C20H27NO/c1-7-20(5,6)21-17-11-10-14-12-16(9-8-15(14)13-17)18(22)19(2,3)4/h8-13,21H,7H2,1-6H3. The summed E-state index contributed by atoms with van der Waals surface area (Å²) < 4.78 is 0. The van der Waals surface area contributed by atoms with Crippen LogP contribution in [0.5, 0.6) is 0 Å². The molecule has 0 radical (unpaired) electrons. The summed E-state index contributed by atoms with van der Waals surface area (Å²) >= 11 is 0. The minimum atomic E-state index is -0.347. The van der Waals surface area contributed by atoms with Crippen molar-refractivity contribution in [2.45, 2.75) is 53.5 Å². The first kappa shape index (κ1) is 16.5. The van der Waals surface area contributed by atoms with E-state index >= 15 is 0 Å². The van der Waals surface area contributed by atoms with Crippen LogP contribution in [0.2, 0.25) is 0 Å². The van der Waals surface area contributed by atoms with Crippen LogP contribution in [0.25, 0.3) is 10.8 Å². The van der Waals surface area contributed by atoms with Crippen molar-refractivity contribution >= 4 is 22.2 Å². The molecule has 0 unspecified atom stereocenters. The number of ketones is 1. The number of rotatable bonds is 4. The molecule has 0 aliphatic carbocycles. The number of hydrogen-bond acceptors (Lipinski definition) is 2. The normalized spacial score (nSPS) is 12.5. The molecule has 0 saturated carbocycles. The van der Waals surface area contributed by atoms with Crippen LogP contribution in [0.4, 0.5) is 5.69 Å². The second kappa shape index (κ2) is 5.75. The molecule has 2 heteroatoms. The van der Waals surface area contributed by atoms with Gasteiger partial charge in [0.2, 0.25) is 0 Å². The van der Waals surface area contributed by atoms with Crippen LogP contribution < -0.4 is 5.32 Å². The van der Waals surface area contributed by atoms with Crippen LogP contribution in [-0.2, 0) is 0 Å². The van der Waals surface area contributed by atoms with Crippen molar-refractivity contribution in [2.24, 2.45) is 5.41 Å². The Labute approximate surface area is 133 Å². The summed E-state index contributed by atoms with van der Waals surface area (Å²) in [5, 5.41) is 5.82. The van der Waals surface area contributed by atoms with Crippen molar-refractivity contribution in [3.8, 4) is 0 Å². The van der Waals surface area contributed by atoms with Crippen LogP contribution in [0.3, 0.4) is 0 Å². The quantitative estimate of drug-likeness (QED) is 0.737. The van der Waals surface area contributed by atoms with Crippen LogP contribution in [0.1, 0.15) is 58.3 Å². The highest BCUT2D eigenvalue weighted by Gasteiger charge is 2.23. The van der Waals surface area contributed by atoms with E-state index in [9.17, 15) is 4.79 Å². The van der Waals surface area contributed by atoms with Crippen molar-refractivity contribution in [3.05, 3.63) is 42.0 Å². The number of carbonyl (C=O) groups is 1. The zero-order valence-corrected chi connectivity index (χ0v) is 14.6. The molecule has 0 fully saturated rings. The van der Waals surface area contributed by atoms with E-state index in [1.165, 1.54) is 0 Å². The van der Waals surface area contributed by atoms with Gasteiger partial charge in [-0.2, -0.15) is 0 Å². The van der Waals surface area contributed by atoms with Gasteiger partial charge in [-0.05, 0) is 49.2 Å². The fourth-order valence-electron chi connectivity index (χ4n) is 2.38. The van der Waals surface area contributed by atoms with Gasteiger partial charge in [-0.25, -0.2) is 0 Å². The first-order valence-corrected chi connectivity index (χ1v) is 7.99. The fourth-order valence-corrected chi connectivity index (χ4v) is 2.38. The Kier molecular flexibility index (Phi) is 4.32. The number of benzene rings is 2. The van der Waals surface area contributed by atoms with Gasteiger partial charge < -0.3 is 5.32 Å². The molecule has 0 atom stereocenters. The van der Waals surface area contributed by atoms with Gasteiger partial charge in [0.05, 0.1) is 0 Å². The molecule has 0 aliphatic heterocycles. The Balaban J connectivity index is 2.35. The summed E-state index contributed by atoms with van der Waals surface area (Å²) in [6, 6.07) is 12.3. The predicted molar refractivity (Wildman–Crippen MR) is 95.7 cm³/mol. The maximum atomic E-state index is 12.4. The molecule has 22 heavy (non-hydrogen) atoms. The molecule has 2 aromatic rings. The molecule has 0 aliphatic rings. The van der Waals surface area contributed by atoms with Crippen molar-refractivity contribution in [2.75, 3.05) is 5.32 Å². The predicted octanol–water partition coefficient (Wildman–Crippen LogP) is 5.67. The number of fused-ring (bicyclic) bond motifs is 1. The van der Waals surface area contributed by atoms with Gasteiger partial charge in [-0.15, -0.1) is 0 Å². The molecule has 1 N–H and O–H groups in total. The molecule has 2 aromatic carbocycles. The van der Waals surface area contributed by atoms with Crippen LogP contribution >= 0.6 is 0 Å². The Morgan fingerprint density at radius 1 is 0.955 bits per heavy atom. The van der Waals surface area contributed by atoms with Gasteiger partial charge >= 0.3 is 0 Å². The highest BCUT2D eigenvalue weighted by molar-refractivity contribution is 6.03. The fraction of sp³-hybridized carbons (Fsp3) is 0.450. The van der Waals surface area contributed by atoms with E-state index in [0.717, 1.165) is 28.4 Å². The van der Waals surface area contributed by atoms with Crippen LogP contribution in [-0.4, -0.2) is 11.3 Å². The zero-order valence-electron chi connectivity index (χ0n) is 14.6. The Hall–Kier alpha value is -1.83. The molecule has 2 rings (SSSR count). The molecule has 118 valence electrons. The maximum absolute atomic E-state index is 12.4. The van der Waals surface area contributed by atoms with Gasteiger partial charge in [0, 0.05) is 22.2 Å². The highest BCUT2D eigenvalue weighted by atomic mass is 16.1. The van der Waals surface area contributed by atoms with E-state index in [1.807, 2.05) is 39.0 Å². The highest BCUT2D eigenvalue weighted by Crippen LogP contribution is 2.27. The lowest BCUT2D eigenvalue weighted by atomic mass is 9.86. The van der Waals surface area contributed by atoms with Gasteiger partial charge in [0.15, 0.2) is 5.78 Å². The SMILES string of the molecule is CCC(C)(C)Nc1ccc2cc(C(=O)C(C)(C)C)ccc2c1. The lowest BCUT2D eigenvalue weighted by Crippen LogP contribution is -2.29. The van der Waals surface area contributed by atoms with E-state index < -0.39 is 0 Å². The first-order chi connectivity index (χ1) is 10.1. The summed E-state index contributed by atoms with van der Waals surface area (Å²) in [5.41, 5.74) is 1.64. The third-order valence-corrected chi connectivity index (χ3v) is 4.15. The number of hydrogen-bond donors (Lipinski definition) is 1. The monoisotopic (exact) mass is 297 g/mol. The maximum Gasteiger partial charge on any atom is 0.168 e. The zero-order chi connectivity index (χ0) is 16.5. The smallest absolute Gasteiger partial charge is 0.168 e. The largest absolute Gasteiger partial charge is 0.380 e. The average molecular weight is 297 g/mol. The molecule has 0 amide bonds. The molecule has 2 nitrogen and oxygen atoms in total. The second-order valence-corrected chi connectivity index (χ2v) is 7.72. The lowest BCUT2D eigenvalue weighted by Gasteiger charge is -2.26. The third-order valence-electron chi connectivity index (χ3n) is 4.15. The van der Waals surface area contributed by atoms with Crippen LogP contribution in [0, 0.1) is 5.41 Å². The summed E-state index contributed by atoms with van der Waals surface area (Å²) in [6.45, 7) is 12.4. The molecule has 0 heterocycles. The molecule has 0 spiro atoms. The molecule has 0 bridgehead atoms. The van der Waals surface area contributed by atoms with E-state index in [-0.39, 0.29) is 16.7 Å². The van der Waals surface area contributed by atoms with E-state index in [2.05, 4.69) is 44.3 Å². The molecule has 0 saturated heterocycles.